The molecule has 2 aromatic rings. The molecule has 0 radical (unpaired) electrons. The summed E-state index contributed by atoms with van der Waals surface area (Å²) < 4.78 is 1.56. The van der Waals surface area contributed by atoms with E-state index in [1.807, 2.05) is 19.1 Å². The molecule has 3 rings (SSSR count). The average Bonchev–Trinajstić information content (AvgIpc) is 3.22. The van der Waals surface area contributed by atoms with E-state index < -0.39 is 11.9 Å². The van der Waals surface area contributed by atoms with Crippen LogP contribution in [0.25, 0.3) is 5.82 Å². The van der Waals surface area contributed by atoms with Crippen LogP contribution in [-0.2, 0) is 11.3 Å². The number of likely N-dealkylation sites (tertiary alicyclic amines) is 1. The standard InChI is InChI=1S/C16H18ClN5O3/c1-10-2-3-11(14(20-10)22-9-13(17)7-19-22)6-18-16(25)21-5-4-12(8-21)15(23)24/h2-3,7,9,12H,4-6,8H2,1H3,(H,18,25)(H,23,24). The van der Waals surface area contributed by atoms with Crippen molar-refractivity contribution < 1.29 is 14.7 Å². The van der Waals surface area contributed by atoms with E-state index in [-0.39, 0.29) is 19.1 Å². The van der Waals surface area contributed by atoms with E-state index in [0.29, 0.717) is 23.8 Å². The van der Waals surface area contributed by atoms with Gasteiger partial charge in [0.1, 0.15) is 0 Å². The molecular weight excluding hydrogens is 346 g/mol. The van der Waals surface area contributed by atoms with E-state index in [4.69, 9.17) is 16.7 Å². The van der Waals surface area contributed by atoms with Gasteiger partial charge in [-0.15, -0.1) is 0 Å². The Morgan fingerprint density at radius 1 is 1.44 bits per heavy atom. The Morgan fingerprint density at radius 2 is 2.24 bits per heavy atom. The predicted octanol–water partition coefficient (Wildman–Crippen LogP) is 1.85. The van der Waals surface area contributed by atoms with E-state index >= 15 is 0 Å². The maximum absolute atomic E-state index is 12.3. The number of nitrogens with zero attached hydrogens (tertiary/aromatic N) is 4. The molecule has 0 aromatic carbocycles. The number of aryl methyl sites for hydroxylation is 1. The van der Waals surface area contributed by atoms with Crippen LogP contribution in [0, 0.1) is 12.8 Å². The number of nitrogens with one attached hydrogen (secondary N) is 1. The topological polar surface area (TPSA) is 100 Å². The van der Waals surface area contributed by atoms with Crippen molar-refractivity contribution in [3.63, 3.8) is 0 Å². The normalized spacial score (nSPS) is 16.9. The Balaban J connectivity index is 1.69. The number of aromatic nitrogens is 3. The molecule has 25 heavy (non-hydrogen) atoms. The van der Waals surface area contributed by atoms with E-state index in [2.05, 4.69) is 15.4 Å². The molecule has 0 bridgehead atoms. The zero-order valence-electron chi connectivity index (χ0n) is 13.6. The molecule has 2 N–H and O–H groups in total. The fourth-order valence-electron chi connectivity index (χ4n) is 2.75. The molecule has 2 amide bonds. The number of carbonyl (C=O) groups is 2. The van der Waals surface area contributed by atoms with E-state index in [9.17, 15) is 9.59 Å². The second-order valence-corrected chi connectivity index (χ2v) is 6.40. The highest BCUT2D eigenvalue weighted by molar-refractivity contribution is 6.30. The molecule has 1 aliphatic heterocycles. The zero-order chi connectivity index (χ0) is 18.0. The minimum Gasteiger partial charge on any atom is -0.481 e. The van der Waals surface area contributed by atoms with Gasteiger partial charge in [0.15, 0.2) is 5.82 Å². The van der Waals surface area contributed by atoms with Crippen LogP contribution >= 0.6 is 11.6 Å². The number of amides is 2. The van der Waals surface area contributed by atoms with Crippen LogP contribution in [0.1, 0.15) is 17.7 Å². The number of rotatable bonds is 4. The molecule has 0 saturated carbocycles. The lowest BCUT2D eigenvalue weighted by atomic mass is 10.1. The van der Waals surface area contributed by atoms with Crippen LogP contribution in [0.2, 0.25) is 5.02 Å². The first-order chi connectivity index (χ1) is 11.9. The highest BCUT2D eigenvalue weighted by Crippen LogP contribution is 2.18. The molecule has 1 fully saturated rings. The van der Waals surface area contributed by atoms with Crippen molar-refractivity contribution in [3.05, 3.63) is 40.8 Å². The third-order valence-electron chi connectivity index (χ3n) is 4.12. The first kappa shape index (κ1) is 17.2. The second-order valence-electron chi connectivity index (χ2n) is 5.97. The van der Waals surface area contributed by atoms with Crippen molar-refractivity contribution in [2.75, 3.05) is 13.1 Å². The van der Waals surface area contributed by atoms with Gasteiger partial charge in [-0.3, -0.25) is 4.79 Å². The van der Waals surface area contributed by atoms with Crippen molar-refractivity contribution in [1.29, 1.82) is 0 Å². The molecule has 3 heterocycles. The van der Waals surface area contributed by atoms with Crippen molar-refractivity contribution in [3.8, 4) is 5.82 Å². The average molecular weight is 364 g/mol. The summed E-state index contributed by atoms with van der Waals surface area (Å²) in [5, 5.41) is 16.5. The third kappa shape index (κ3) is 3.90. The summed E-state index contributed by atoms with van der Waals surface area (Å²) in [6.07, 6.45) is 3.64. The molecule has 1 aliphatic rings. The molecule has 0 spiro atoms. The lowest BCUT2D eigenvalue weighted by Crippen LogP contribution is -2.38. The van der Waals surface area contributed by atoms with Gasteiger partial charge in [0.25, 0.3) is 0 Å². The summed E-state index contributed by atoms with van der Waals surface area (Å²) in [5.41, 5.74) is 1.60. The number of aliphatic carboxylic acids is 1. The van der Waals surface area contributed by atoms with E-state index in [1.165, 1.54) is 11.1 Å². The summed E-state index contributed by atoms with van der Waals surface area (Å²) in [5.74, 6) is -0.763. The van der Waals surface area contributed by atoms with Gasteiger partial charge in [-0.1, -0.05) is 17.7 Å². The highest BCUT2D eigenvalue weighted by atomic mass is 35.5. The third-order valence-corrected chi connectivity index (χ3v) is 4.31. The van der Waals surface area contributed by atoms with Gasteiger partial charge in [0.05, 0.1) is 23.3 Å². The lowest BCUT2D eigenvalue weighted by molar-refractivity contribution is -0.141. The van der Waals surface area contributed by atoms with Gasteiger partial charge in [0, 0.05) is 30.9 Å². The number of carbonyl (C=O) groups excluding carboxylic acids is 1. The number of hydrogen-bond acceptors (Lipinski definition) is 4. The molecule has 8 nitrogen and oxygen atoms in total. The molecule has 9 heteroatoms. The molecule has 132 valence electrons. The minimum absolute atomic E-state index is 0.231. The molecule has 2 aromatic heterocycles. The highest BCUT2D eigenvalue weighted by Gasteiger charge is 2.30. The summed E-state index contributed by atoms with van der Waals surface area (Å²) in [6, 6.07) is 3.44. The summed E-state index contributed by atoms with van der Waals surface area (Å²) in [4.78, 5) is 29.2. The Kier molecular flexibility index (Phi) is 4.89. The van der Waals surface area contributed by atoms with Gasteiger partial charge in [-0.05, 0) is 19.4 Å². The van der Waals surface area contributed by atoms with Crippen LogP contribution in [0.4, 0.5) is 4.79 Å². The molecule has 1 unspecified atom stereocenters. The van der Waals surface area contributed by atoms with Crippen molar-refractivity contribution in [1.82, 2.24) is 25.0 Å². The Labute approximate surface area is 149 Å². The molecule has 1 atom stereocenters. The van der Waals surface area contributed by atoms with Crippen LogP contribution < -0.4 is 5.32 Å². The maximum atomic E-state index is 12.3. The number of carboxylic acid groups (broad SMARTS) is 1. The monoisotopic (exact) mass is 363 g/mol. The van der Waals surface area contributed by atoms with E-state index in [0.717, 1.165) is 11.3 Å². The quantitative estimate of drug-likeness (QED) is 0.863. The Morgan fingerprint density at radius 3 is 2.88 bits per heavy atom. The molecular formula is C16H18ClN5O3. The fourth-order valence-corrected chi connectivity index (χ4v) is 2.89. The van der Waals surface area contributed by atoms with Gasteiger partial charge >= 0.3 is 12.0 Å². The largest absolute Gasteiger partial charge is 0.481 e. The SMILES string of the molecule is Cc1ccc(CNC(=O)N2CCC(C(=O)O)C2)c(-n2cc(Cl)cn2)n1. The molecule has 1 saturated heterocycles. The number of halogens is 1. The van der Waals surface area contributed by atoms with E-state index in [1.54, 1.807) is 10.9 Å². The minimum atomic E-state index is -0.865. The van der Waals surface area contributed by atoms with Crippen molar-refractivity contribution in [2.24, 2.45) is 5.92 Å². The van der Waals surface area contributed by atoms with Crippen LogP contribution in [0.15, 0.2) is 24.5 Å². The molecule has 0 aliphatic carbocycles. The Bertz CT molecular complexity index is 807. The van der Waals surface area contributed by atoms with Crippen LogP contribution in [0.3, 0.4) is 0 Å². The van der Waals surface area contributed by atoms with Crippen LogP contribution in [0.5, 0.6) is 0 Å². The number of urea groups is 1. The first-order valence-electron chi connectivity index (χ1n) is 7.86. The first-order valence-corrected chi connectivity index (χ1v) is 8.24. The Hall–Kier alpha value is -2.61. The number of hydrogen-bond donors (Lipinski definition) is 2. The zero-order valence-corrected chi connectivity index (χ0v) is 14.4. The predicted molar refractivity (Wildman–Crippen MR) is 90.7 cm³/mol. The van der Waals surface area contributed by atoms with Gasteiger partial charge in [-0.25, -0.2) is 14.5 Å². The van der Waals surface area contributed by atoms with Gasteiger partial charge < -0.3 is 15.3 Å². The van der Waals surface area contributed by atoms with Crippen molar-refractivity contribution >= 4 is 23.6 Å². The smallest absolute Gasteiger partial charge is 0.317 e. The van der Waals surface area contributed by atoms with Crippen molar-refractivity contribution in [2.45, 2.75) is 19.9 Å². The van der Waals surface area contributed by atoms with Crippen LogP contribution in [-0.4, -0.2) is 49.9 Å². The number of carboxylic acids is 1. The summed E-state index contributed by atoms with van der Waals surface area (Å²) in [7, 11) is 0. The van der Waals surface area contributed by atoms with Gasteiger partial charge in [-0.2, -0.15) is 5.10 Å². The lowest BCUT2D eigenvalue weighted by Gasteiger charge is -2.17. The summed E-state index contributed by atoms with van der Waals surface area (Å²) in [6.45, 7) is 2.80. The summed E-state index contributed by atoms with van der Waals surface area (Å²) >= 11 is 5.92. The second kappa shape index (κ2) is 7.10. The maximum Gasteiger partial charge on any atom is 0.317 e. The fraction of sp³-hybridized carbons (Fsp3) is 0.375. The van der Waals surface area contributed by atoms with Gasteiger partial charge in [0.2, 0.25) is 0 Å². The number of pyridine rings is 1.